The Hall–Kier alpha value is -0.120. The number of hydrogen-bond acceptors (Lipinski definition) is 3. The largest absolute Gasteiger partial charge is 0.317 e. The minimum Gasteiger partial charge on any atom is -0.317 e. The molecule has 0 aromatic carbocycles. The Bertz CT molecular complexity index is 102. The van der Waals surface area contributed by atoms with Gasteiger partial charge in [0.15, 0.2) is 0 Å². The second-order valence-electron chi connectivity index (χ2n) is 3.20. The summed E-state index contributed by atoms with van der Waals surface area (Å²) in [4.78, 5) is 0. The molecule has 3 N–H and O–H groups in total. The van der Waals surface area contributed by atoms with Crippen molar-refractivity contribution in [2.45, 2.75) is 32.5 Å². The van der Waals surface area contributed by atoms with E-state index in [1.807, 2.05) is 21.1 Å². The van der Waals surface area contributed by atoms with Crippen LogP contribution < -0.4 is 16.0 Å². The standard InChI is InChI=1S/C9H23N3/c1-6-8(7(2)10-3)9(11-4)12-5/h7-12H,6H2,1-5H3. The highest BCUT2D eigenvalue weighted by molar-refractivity contribution is 4.78. The Kier molecular flexibility index (Phi) is 6.34. The fourth-order valence-electron chi connectivity index (χ4n) is 1.66. The van der Waals surface area contributed by atoms with Gasteiger partial charge in [-0.25, -0.2) is 0 Å². The molecule has 0 radical (unpaired) electrons. The molecule has 0 spiro atoms. The van der Waals surface area contributed by atoms with E-state index in [4.69, 9.17) is 0 Å². The Morgan fingerprint density at radius 1 is 1.00 bits per heavy atom. The van der Waals surface area contributed by atoms with Gasteiger partial charge in [0.25, 0.3) is 0 Å². The van der Waals surface area contributed by atoms with E-state index >= 15 is 0 Å². The summed E-state index contributed by atoms with van der Waals surface area (Å²) < 4.78 is 0. The van der Waals surface area contributed by atoms with Crippen LogP contribution in [0.4, 0.5) is 0 Å². The highest BCUT2D eigenvalue weighted by Gasteiger charge is 2.21. The molecule has 0 fully saturated rings. The molecule has 0 amide bonds. The van der Waals surface area contributed by atoms with E-state index < -0.39 is 0 Å². The Morgan fingerprint density at radius 3 is 1.75 bits per heavy atom. The predicted octanol–water partition coefficient (Wildman–Crippen LogP) is 0.385. The van der Waals surface area contributed by atoms with Crippen LogP contribution in [0.25, 0.3) is 0 Å². The number of rotatable bonds is 6. The van der Waals surface area contributed by atoms with Gasteiger partial charge < -0.3 is 16.0 Å². The third-order valence-electron chi connectivity index (χ3n) is 2.62. The van der Waals surface area contributed by atoms with Gasteiger partial charge in [-0.15, -0.1) is 0 Å². The number of hydrogen-bond donors (Lipinski definition) is 3. The van der Waals surface area contributed by atoms with E-state index in [1.54, 1.807) is 0 Å². The van der Waals surface area contributed by atoms with Crippen LogP contribution >= 0.6 is 0 Å². The van der Waals surface area contributed by atoms with E-state index in [1.165, 1.54) is 6.42 Å². The molecule has 0 aromatic rings. The molecule has 0 rings (SSSR count). The summed E-state index contributed by atoms with van der Waals surface area (Å²) in [6, 6.07) is 0.542. The maximum Gasteiger partial charge on any atom is 0.0610 e. The number of nitrogens with one attached hydrogen (secondary N) is 3. The van der Waals surface area contributed by atoms with Crippen molar-refractivity contribution < 1.29 is 0 Å². The fourth-order valence-corrected chi connectivity index (χ4v) is 1.66. The lowest BCUT2D eigenvalue weighted by molar-refractivity contribution is 0.264. The van der Waals surface area contributed by atoms with Crippen LogP contribution in [-0.2, 0) is 0 Å². The maximum absolute atomic E-state index is 3.29. The van der Waals surface area contributed by atoms with Crippen molar-refractivity contribution in [2.75, 3.05) is 21.1 Å². The fraction of sp³-hybridized carbons (Fsp3) is 1.00. The monoisotopic (exact) mass is 173 g/mol. The smallest absolute Gasteiger partial charge is 0.0610 e. The molecule has 3 nitrogen and oxygen atoms in total. The zero-order valence-corrected chi connectivity index (χ0v) is 8.94. The zero-order valence-electron chi connectivity index (χ0n) is 8.94. The third kappa shape index (κ3) is 3.09. The molecular weight excluding hydrogens is 150 g/mol. The van der Waals surface area contributed by atoms with Gasteiger partial charge >= 0.3 is 0 Å². The van der Waals surface area contributed by atoms with Gasteiger partial charge in [0.1, 0.15) is 0 Å². The summed E-state index contributed by atoms with van der Waals surface area (Å²) in [7, 11) is 5.99. The average Bonchev–Trinajstić information content (AvgIpc) is 2.12. The van der Waals surface area contributed by atoms with E-state index in [9.17, 15) is 0 Å². The Labute approximate surface area is 76.3 Å². The Balaban J connectivity index is 4.09. The topological polar surface area (TPSA) is 36.1 Å². The molecule has 0 bridgehead atoms. The average molecular weight is 173 g/mol. The van der Waals surface area contributed by atoms with Crippen molar-refractivity contribution in [1.82, 2.24) is 16.0 Å². The van der Waals surface area contributed by atoms with Crippen molar-refractivity contribution in [3.8, 4) is 0 Å². The first-order valence-electron chi connectivity index (χ1n) is 4.73. The quantitative estimate of drug-likeness (QED) is 0.508. The summed E-state index contributed by atoms with van der Waals surface area (Å²) >= 11 is 0. The van der Waals surface area contributed by atoms with Crippen molar-refractivity contribution >= 4 is 0 Å². The van der Waals surface area contributed by atoms with Crippen LogP contribution in [0.1, 0.15) is 20.3 Å². The lowest BCUT2D eigenvalue weighted by atomic mass is 9.95. The normalized spacial score (nSPS) is 16.5. The summed E-state index contributed by atoms with van der Waals surface area (Å²) in [6.45, 7) is 4.44. The lowest BCUT2D eigenvalue weighted by Crippen LogP contribution is -2.50. The van der Waals surface area contributed by atoms with Crippen LogP contribution in [0.15, 0.2) is 0 Å². The van der Waals surface area contributed by atoms with Crippen LogP contribution in [0.3, 0.4) is 0 Å². The van der Waals surface area contributed by atoms with Crippen LogP contribution in [-0.4, -0.2) is 33.4 Å². The molecule has 3 heteroatoms. The van der Waals surface area contributed by atoms with Gasteiger partial charge in [0.2, 0.25) is 0 Å². The maximum atomic E-state index is 3.29. The summed E-state index contributed by atoms with van der Waals surface area (Å²) in [5.41, 5.74) is 0. The van der Waals surface area contributed by atoms with Gasteiger partial charge in [0, 0.05) is 12.0 Å². The molecule has 2 unspecified atom stereocenters. The molecular formula is C9H23N3. The molecule has 0 aliphatic heterocycles. The second kappa shape index (κ2) is 6.40. The van der Waals surface area contributed by atoms with Crippen molar-refractivity contribution in [3.63, 3.8) is 0 Å². The van der Waals surface area contributed by atoms with Gasteiger partial charge in [0.05, 0.1) is 6.17 Å². The van der Waals surface area contributed by atoms with Crippen LogP contribution in [0, 0.1) is 5.92 Å². The molecule has 12 heavy (non-hydrogen) atoms. The molecule has 0 saturated carbocycles. The first-order chi connectivity index (χ1) is 5.71. The van der Waals surface area contributed by atoms with Gasteiger partial charge in [-0.05, 0) is 34.5 Å². The van der Waals surface area contributed by atoms with Gasteiger partial charge in [-0.1, -0.05) is 6.92 Å². The highest BCUT2D eigenvalue weighted by atomic mass is 15.1. The highest BCUT2D eigenvalue weighted by Crippen LogP contribution is 2.11. The summed E-state index contributed by atoms with van der Waals surface area (Å²) in [5, 5.41) is 9.82. The zero-order chi connectivity index (χ0) is 9.56. The lowest BCUT2D eigenvalue weighted by Gasteiger charge is -2.30. The van der Waals surface area contributed by atoms with Crippen LogP contribution in [0.2, 0.25) is 0 Å². The van der Waals surface area contributed by atoms with Crippen molar-refractivity contribution in [2.24, 2.45) is 5.92 Å². The third-order valence-corrected chi connectivity index (χ3v) is 2.62. The molecule has 2 atom stereocenters. The van der Waals surface area contributed by atoms with Gasteiger partial charge in [-0.2, -0.15) is 0 Å². The molecule has 0 aliphatic carbocycles. The van der Waals surface area contributed by atoms with Crippen molar-refractivity contribution in [1.29, 1.82) is 0 Å². The van der Waals surface area contributed by atoms with E-state index in [2.05, 4.69) is 29.8 Å². The van der Waals surface area contributed by atoms with Crippen LogP contribution in [0.5, 0.6) is 0 Å². The molecule has 0 aromatic heterocycles. The first-order valence-corrected chi connectivity index (χ1v) is 4.73. The minimum atomic E-state index is 0.400. The first kappa shape index (κ1) is 11.9. The SMILES string of the molecule is CCC(C(C)NC)C(NC)NC. The molecule has 0 saturated heterocycles. The minimum absolute atomic E-state index is 0.400. The Morgan fingerprint density at radius 2 is 1.50 bits per heavy atom. The van der Waals surface area contributed by atoms with E-state index in [0.29, 0.717) is 18.1 Å². The molecule has 0 heterocycles. The second-order valence-corrected chi connectivity index (χ2v) is 3.20. The summed E-state index contributed by atoms with van der Waals surface area (Å²) in [5.74, 6) is 0.630. The van der Waals surface area contributed by atoms with Crippen molar-refractivity contribution in [3.05, 3.63) is 0 Å². The van der Waals surface area contributed by atoms with E-state index in [0.717, 1.165) is 0 Å². The summed E-state index contributed by atoms with van der Waals surface area (Å²) in [6.07, 6.45) is 1.58. The molecule has 0 aliphatic rings. The van der Waals surface area contributed by atoms with Gasteiger partial charge in [-0.3, -0.25) is 0 Å². The predicted molar refractivity (Wildman–Crippen MR) is 54.2 cm³/mol. The molecule has 74 valence electrons. The van der Waals surface area contributed by atoms with E-state index in [-0.39, 0.29) is 0 Å².